The van der Waals surface area contributed by atoms with Crippen molar-refractivity contribution in [2.24, 2.45) is 0 Å². The molecule has 0 radical (unpaired) electrons. The molecule has 1 heterocycles. The van der Waals surface area contributed by atoms with Crippen LogP contribution in [0.25, 0.3) is 16.6 Å². The molecule has 0 bridgehead atoms. The number of nitrogens with one attached hydrogen (secondary N) is 1. The predicted molar refractivity (Wildman–Crippen MR) is 137 cm³/mol. The molecule has 1 N–H and O–H groups in total. The van der Waals surface area contributed by atoms with Gasteiger partial charge in [0.2, 0.25) is 0 Å². The first-order valence-electron chi connectivity index (χ1n) is 12.2. The molecule has 0 fully saturated rings. The topological polar surface area (TPSA) is 76.5 Å². The Morgan fingerprint density at radius 2 is 1.85 bits per heavy atom. The SMILES string of the molecule is CCCCNC(=O)N(CCOC)C(CC)c1nc2ccccc2c(=O)n1-c1ccc(CC)cc1. The Bertz CT molecular complexity index is 1140. The molecule has 1 atom stereocenters. The normalized spacial score (nSPS) is 12.0. The van der Waals surface area contributed by atoms with Crippen molar-refractivity contribution in [2.75, 3.05) is 26.8 Å². The number of unbranched alkanes of at least 4 members (excludes halogenated alkanes) is 1. The number of urea groups is 1. The lowest BCUT2D eigenvalue weighted by molar-refractivity contribution is 0.124. The largest absolute Gasteiger partial charge is 0.383 e. The summed E-state index contributed by atoms with van der Waals surface area (Å²) in [5.74, 6) is 0.553. The summed E-state index contributed by atoms with van der Waals surface area (Å²) in [6, 6.07) is 14.8. The lowest BCUT2D eigenvalue weighted by Gasteiger charge is -2.32. The van der Waals surface area contributed by atoms with Gasteiger partial charge in [0.05, 0.1) is 29.2 Å². The molecule has 1 aromatic heterocycles. The summed E-state index contributed by atoms with van der Waals surface area (Å²) in [6.45, 7) is 7.58. The fourth-order valence-corrected chi connectivity index (χ4v) is 4.11. The predicted octanol–water partition coefficient (Wildman–Crippen LogP) is 4.86. The van der Waals surface area contributed by atoms with Crippen LogP contribution >= 0.6 is 0 Å². The quantitative estimate of drug-likeness (QED) is 0.411. The average molecular weight is 465 g/mol. The molecule has 0 aliphatic rings. The van der Waals surface area contributed by atoms with Crippen molar-refractivity contribution in [1.82, 2.24) is 19.8 Å². The number of para-hydroxylation sites is 1. The van der Waals surface area contributed by atoms with Crippen molar-refractivity contribution in [3.05, 3.63) is 70.3 Å². The van der Waals surface area contributed by atoms with E-state index in [4.69, 9.17) is 9.72 Å². The fraction of sp³-hybridized carbons (Fsp3) is 0.444. The zero-order valence-electron chi connectivity index (χ0n) is 20.7. The average Bonchev–Trinajstić information content (AvgIpc) is 2.87. The number of methoxy groups -OCH3 is 1. The maximum Gasteiger partial charge on any atom is 0.318 e. The molecular formula is C27H36N4O3. The van der Waals surface area contributed by atoms with Crippen molar-refractivity contribution in [3.63, 3.8) is 0 Å². The Labute approximate surface area is 201 Å². The summed E-state index contributed by atoms with van der Waals surface area (Å²) in [7, 11) is 1.62. The number of aromatic nitrogens is 2. The molecule has 2 amide bonds. The van der Waals surface area contributed by atoms with Crippen molar-refractivity contribution in [2.45, 2.75) is 52.5 Å². The van der Waals surface area contributed by atoms with Gasteiger partial charge in [-0.15, -0.1) is 0 Å². The molecule has 7 heteroatoms. The monoisotopic (exact) mass is 464 g/mol. The lowest BCUT2D eigenvalue weighted by atomic mass is 10.1. The Hall–Kier alpha value is -3.19. The number of fused-ring (bicyclic) bond motifs is 1. The van der Waals surface area contributed by atoms with Crippen LogP contribution in [-0.4, -0.2) is 47.3 Å². The van der Waals surface area contributed by atoms with Gasteiger partial charge in [-0.25, -0.2) is 9.78 Å². The van der Waals surface area contributed by atoms with Crippen LogP contribution in [0.2, 0.25) is 0 Å². The van der Waals surface area contributed by atoms with Gasteiger partial charge in [-0.05, 0) is 49.1 Å². The molecule has 1 unspecified atom stereocenters. The summed E-state index contributed by atoms with van der Waals surface area (Å²) < 4.78 is 6.96. The highest BCUT2D eigenvalue weighted by atomic mass is 16.5. The number of aryl methyl sites for hydroxylation is 1. The highest BCUT2D eigenvalue weighted by Gasteiger charge is 2.29. The van der Waals surface area contributed by atoms with Crippen LogP contribution < -0.4 is 10.9 Å². The highest BCUT2D eigenvalue weighted by molar-refractivity contribution is 5.78. The molecular weight excluding hydrogens is 428 g/mol. The van der Waals surface area contributed by atoms with E-state index in [0.717, 1.165) is 24.9 Å². The van der Waals surface area contributed by atoms with Crippen molar-refractivity contribution in [3.8, 4) is 5.69 Å². The van der Waals surface area contributed by atoms with Gasteiger partial charge < -0.3 is 15.0 Å². The maximum atomic E-state index is 13.7. The van der Waals surface area contributed by atoms with E-state index in [9.17, 15) is 9.59 Å². The van der Waals surface area contributed by atoms with Crippen molar-refractivity contribution >= 4 is 16.9 Å². The molecule has 34 heavy (non-hydrogen) atoms. The Morgan fingerprint density at radius 3 is 2.50 bits per heavy atom. The number of carbonyl (C=O) groups is 1. The summed E-state index contributed by atoms with van der Waals surface area (Å²) in [5, 5.41) is 3.57. The Kier molecular flexibility index (Phi) is 9.22. The van der Waals surface area contributed by atoms with Gasteiger partial charge in [-0.2, -0.15) is 0 Å². The van der Waals surface area contributed by atoms with Crippen LogP contribution in [0.1, 0.15) is 57.5 Å². The first-order valence-corrected chi connectivity index (χ1v) is 12.2. The molecule has 7 nitrogen and oxygen atoms in total. The number of benzene rings is 2. The minimum atomic E-state index is -0.403. The number of hydrogen-bond acceptors (Lipinski definition) is 4. The van der Waals surface area contributed by atoms with E-state index < -0.39 is 6.04 Å². The molecule has 0 saturated heterocycles. The fourth-order valence-electron chi connectivity index (χ4n) is 4.11. The number of rotatable bonds is 11. The van der Waals surface area contributed by atoms with Gasteiger partial charge in [-0.1, -0.05) is 51.5 Å². The third-order valence-corrected chi connectivity index (χ3v) is 6.07. The van der Waals surface area contributed by atoms with E-state index in [2.05, 4.69) is 19.2 Å². The first kappa shape index (κ1) is 25.4. The molecule has 0 spiro atoms. The zero-order chi connectivity index (χ0) is 24.5. The highest BCUT2D eigenvalue weighted by Crippen LogP contribution is 2.26. The van der Waals surface area contributed by atoms with Gasteiger partial charge in [0.1, 0.15) is 5.82 Å². The number of amides is 2. The summed E-state index contributed by atoms with van der Waals surface area (Å²) in [5.41, 5.74) is 2.42. The van der Waals surface area contributed by atoms with E-state index in [1.54, 1.807) is 22.6 Å². The first-order chi connectivity index (χ1) is 16.5. The molecule has 182 valence electrons. The third kappa shape index (κ3) is 5.65. The van der Waals surface area contributed by atoms with E-state index in [1.807, 2.05) is 49.4 Å². The Morgan fingerprint density at radius 1 is 1.12 bits per heavy atom. The molecule has 0 aliphatic carbocycles. The third-order valence-electron chi connectivity index (χ3n) is 6.07. The van der Waals surface area contributed by atoms with Gasteiger partial charge in [0.25, 0.3) is 5.56 Å². The lowest BCUT2D eigenvalue weighted by Crippen LogP contribution is -2.45. The second-order valence-corrected chi connectivity index (χ2v) is 8.34. The summed E-state index contributed by atoms with van der Waals surface area (Å²) in [6.07, 6.45) is 3.42. The maximum absolute atomic E-state index is 13.7. The Balaban J connectivity index is 2.18. The van der Waals surface area contributed by atoms with Gasteiger partial charge >= 0.3 is 6.03 Å². The van der Waals surface area contributed by atoms with E-state index in [-0.39, 0.29) is 11.6 Å². The minimum Gasteiger partial charge on any atom is -0.383 e. The van der Waals surface area contributed by atoms with Crippen molar-refractivity contribution in [1.29, 1.82) is 0 Å². The van der Waals surface area contributed by atoms with Crippen LogP contribution in [0.15, 0.2) is 53.3 Å². The number of hydrogen-bond donors (Lipinski definition) is 1. The van der Waals surface area contributed by atoms with E-state index in [0.29, 0.717) is 42.8 Å². The van der Waals surface area contributed by atoms with Crippen LogP contribution in [0.3, 0.4) is 0 Å². The van der Waals surface area contributed by atoms with Crippen molar-refractivity contribution < 1.29 is 9.53 Å². The van der Waals surface area contributed by atoms with Gasteiger partial charge in [-0.3, -0.25) is 9.36 Å². The molecule has 2 aromatic carbocycles. The standard InChI is InChI=1S/C27H36N4O3/c1-5-8-17-28-27(33)30(18-19-34-4)24(7-3)25-29-23-12-10-9-11-22(23)26(32)31(25)21-15-13-20(6-2)14-16-21/h9-16,24H,5-8,17-19H2,1-4H3,(H,28,33). The molecule has 0 saturated carbocycles. The van der Waals surface area contributed by atoms with Gasteiger partial charge in [0, 0.05) is 20.2 Å². The van der Waals surface area contributed by atoms with Crippen LogP contribution in [0, 0.1) is 0 Å². The van der Waals surface area contributed by atoms with E-state index >= 15 is 0 Å². The number of nitrogens with zero attached hydrogens (tertiary/aromatic N) is 3. The second kappa shape index (κ2) is 12.3. The molecule has 3 rings (SSSR count). The van der Waals surface area contributed by atoms with Gasteiger partial charge in [0.15, 0.2) is 0 Å². The molecule has 0 aliphatic heterocycles. The molecule has 3 aromatic rings. The smallest absolute Gasteiger partial charge is 0.318 e. The van der Waals surface area contributed by atoms with E-state index in [1.165, 1.54) is 5.56 Å². The number of ether oxygens (including phenoxy) is 1. The minimum absolute atomic E-state index is 0.138. The second-order valence-electron chi connectivity index (χ2n) is 8.34. The van der Waals surface area contributed by atoms with Crippen LogP contribution in [-0.2, 0) is 11.2 Å². The van der Waals surface area contributed by atoms with Crippen LogP contribution in [0.5, 0.6) is 0 Å². The number of carbonyl (C=O) groups excluding carboxylic acids is 1. The zero-order valence-corrected chi connectivity index (χ0v) is 20.7. The van der Waals surface area contributed by atoms with Crippen LogP contribution in [0.4, 0.5) is 4.79 Å². The summed E-state index contributed by atoms with van der Waals surface area (Å²) >= 11 is 0. The summed E-state index contributed by atoms with van der Waals surface area (Å²) in [4.78, 5) is 33.6.